The lowest BCUT2D eigenvalue weighted by atomic mass is 9.98. The van der Waals surface area contributed by atoms with Crippen molar-refractivity contribution in [2.24, 2.45) is 11.7 Å². The van der Waals surface area contributed by atoms with Gasteiger partial charge in [-0.2, -0.15) is 17.6 Å². The van der Waals surface area contributed by atoms with Crippen LogP contribution in [-0.4, -0.2) is 12.5 Å². The van der Waals surface area contributed by atoms with Gasteiger partial charge in [-0.15, -0.1) is 0 Å². The van der Waals surface area contributed by atoms with E-state index in [1.807, 2.05) is 0 Å². The largest absolute Gasteiger partial charge is 0.461 e. The molecule has 1 atom stereocenters. The first-order valence-electron chi connectivity index (χ1n) is 6.43. The van der Waals surface area contributed by atoms with Crippen LogP contribution in [0.25, 0.3) is 0 Å². The van der Waals surface area contributed by atoms with Gasteiger partial charge in [0.25, 0.3) is 0 Å². The minimum Gasteiger partial charge on any atom is -0.428 e. The summed E-state index contributed by atoms with van der Waals surface area (Å²) in [4.78, 5) is 0. The van der Waals surface area contributed by atoms with Crippen LogP contribution in [0.2, 0.25) is 0 Å². The van der Waals surface area contributed by atoms with Gasteiger partial charge in [0.2, 0.25) is 0 Å². The number of alkyl halides is 4. The summed E-state index contributed by atoms with van der Waals surface area (Å²) >= 11 is 0. The molecular formula is C14H19F4NO. The van der Waals surface area contributed by atoms with Crippen LogP contribution in [0.5, 0.6) is 5.75 Å². The van der Waals surface area contributed by atoms with Crippen LogP contribution in [0, 0.1) is 5.92 Å². The molecule has 0 fully saturated rings. The minimum atomic E-state index is -4.48. The third kappa shape index (κ3) is 5.00. The quantitative estimate of drug-likeness (QED) is 0.758. The summed E-state index contributed by atoms with van der Waals surface area (Å²) in [5, 5.41) is 0. The molecule has 0 aliphatic rings. The smallest absolute Gasteiger partial charge is 0.428 e. The molecule has 2 N–H and O–H groups in total. The van der Waals surface area contributed by atoms with Crippen molar-refractivity contribution in [2.45, 2.75) is 45.3 Å². The van der Waals surface area contributed by atoms with E-state index in [9.17, 15) is 17.6 Å². The predicted octanol–water partition coefficient (Wildman–Crippen LogP) is 4.36. The van der Waals surface area contributed by atoms with Crippen LogP contribution < -0.4 is 10.5 Å². The Labute approximate surface area is 115 Å². The molecule has 0 unspecified atom stereocenters. The predicted molar refractivity (Wildman–Crippen MR) is 69.0 cm³/mol. The third-order valence-corrected chi connectivity index (χ3v) is 2.87. The Morgan fingerprint density at radius 1 is 1.10 bits per heavy atom. The Bertz CT molecular complexity index is 406. The second kappa shape index (κ2) is 6.92. The van der Waals surface area contributed by atoms with Crippen molar-refractivity contribution >= 4 is 0 Å². The molecule has 0 saturated carbocycles. The number of nitrogens with two attached hydrogens (primary N) is 1. The molecule has 0 aromatic heterocycles. The van der Waals surface area contributed by atoms with Gasteiger partial charge < -0.3 is 10.5 Å². The first kappa shape index (κ1) is 16.8. The molecule has 0 saturated heterocycles. The highest BCUT2D eigenvalue weighted by Gasteiger charge is 2.43. The van der Waals surface area contributed by atoms with Crippen LogP contribution in [0.4, 0.5) is 17.6 Å². The van der Waals surface area contributed by atoms with Crippen LogP contribution in [-0.2, 0) is 0 Å². The zero-order valence-electron chi connectivity index (χ0n) is 11.5. The summed E-state index contributed by atoms with van der Waals surface area (Å²) in [6.07, 6.45) is -6.63. The normalized spacial score (nSPS) is 13.8. The summed E-state index contributed by atoms with van der Waals surface area (Å²) < 4.78 is 53.4. The minimum absolute atomic E-state index is 0.206. The topological polar surface area (TPSA) is 35.2 Å². The molecule has 20 heavy (non-hydrogen) atoms. The van der Waals surface area contributed by atoms with Crippen molar-refractivity contribution < 1.29 is 22.3 Å². The molecule has 1 rings (SSSR count). The number of rotatable bonds is 7. The first-order valence-corrected chi connectivity index (χ1v) is 6.43. The van der Waals surface area contributed by atoms with Crippen molar-refractivity contribution in [3.05, 3.63) is 29.8 Å². The molecule has 0 heterocycles. The van der Waals surface area contributed by atoms with Gasteiger partial charge in [0.05, 0.1) is 0 Å². The van der Waals surface area contributed by atoms with E-state index in [0.29, 0.717) is 5.92 Å². The molecule has 0 amide bonds. The SMILES string of the molecule is CC(C)CC[C@@H](N)c1ccc(OC(F)(F)C(F)F)cc1. The lowest BCUT2D eigenvalue weighted by Gasteiger charge is -2.18. The van der Waals surface area contributed by atoms with Gasteiger partial charge >= 0.3 is 12.5 Å². The average Bonchev–Trinajstić information content (AvgIpc) is 2.36. The number of halogens is 4. The fraction of sp³-hybridized carbons (Fsp3) is 0.571. The molecule has 0 aliphatic heterocycles. The van der Waals surface area contributed by atoms with Crippen LogP contribution in [0.3, 0.4) is 0 Å². The fourth-order valence-corrected chi connectivity index (χ4v) is 1.66. The van der Waals surface area contributed by atoms with Crippen molar-refractivity contribution in [2.75, 3.05) is 0 Å². The maximum absolute atomic E-state index is 12.7. The molecule has 2 nitrogen and oxygen atoms in total. The third-order valence-electron chi connectivity index (χ3n) is 2.87. The van der Waals surface area contributed by atoms with E-state index in [2.05, 4.69) is 18.6 Å². The maximum Gasteiger partial charge on any atom is 0.461 e. The van der Waals surface area contributed by atoms with Crippen molar-refractivity contribution in [3.63, 3.8) is 0 Å². The molecule has 114 valence electrons. The number of ether oxygens (including phenoxy) is 1. The lowest BCUT2D eigenvalue weighted by molar-refractivity contribution is -0.253. The Balaban J connectivity index is 2.64. The Hall–Kier alpha value is -1.30. The van der Waals surface area contributed by atoms with E-state index in [0.717, 1.165) is 18.4 Å². The number of benzene rings is 1. The van der Waals surface area contributed by atoms with Crippen molar-refractivity contribution in [1.29, 1.82) is 0 Å². The molecule has 0 bridgehead atoms. The van der Waals surface area contributed by atoms with Gasteiger partial charge in [-0.05, 0) is 36.5 Å². The fourth-order valence-electron chi connectivity index (χ4n) is 1.66. The molecule has 0 spiro atoms. The van der Waals surface area contributed by atoms with Gasteiger partial charge in [0.15, 0.2) is 0 Å². The van der Waals surface area contributed by atoms with Gasteiger partial charge in [-0.25, -0.2) is 0 Å². The van der Waals surface area contributed by atoms with Gasteiger partial charge in [-0.1, -0.05) is 26.0 Å². The highest BCUT2D eigenvalue weighted by atomic mass is 19.3. The number of hydrogen-bond acceptors (Lipinski definition) is 2. The lowest BCUT2D eigenvalue weighted by Crippen LogP contribution is -2.33. The van der Waals surface area contributed by atoms with E-state index >= 15 is 0 Å². The van der Waals surface area contributed by atoms with E-state index in [4.69, 9.17) is 5.73 Å². The molecule has 6 heteroatoms. The molecule has 1 aromatic rings. The summed E-state index contributed by atoms with van der Waals surface area (Å²) in [6.45, 7) is 4.16. The van der Waals surface area contributed by atoms with Crippen molar-refractivity contribution in [3.8, 4) is 5.75 Å². The highest BCUT2D eigenvalue weighted by molar-refractivity contribution is 5.29. The zero-order valence-corrected chi connectivity index (χ0v) is 11.5. The molecule has 0 radical (unpaired) electrons. The molecular weight excluding hydrogens is 274 g/mol. The molecule has 1 aromatic carbocycles. The second-order valence-corrected chi connectivity index (χ2v) is 5.11. The van der Waals surface area contributed by atoms with Crippen LogP contribution in [0.15, 0.2) is 24.3 Å². The van der Waals surface area contributed by atoms with Crippen LogP contribution >= 0.6 is 0 Å². The Morgan fingerprint density at radius 3 is 2.10 bits per heavy atom. The zero-order chi connectivity index (χ0) is 15.3. The average molecular weight is 293 g/mol. The second-order valence-electron chi connectivity index (χ2n) is 5.11. The first-order chi connectivity index (χ1) is 9.22. The summed E-state index contributed by atoms with van der Waals surface area (Å²) in [5.41, 5.74) is 6.72. The van der Waals surface area contributed by atoms with Gasteiger partial charge in [0.1, 0.15) is 5.75 Å². The van der Waals surface area contributed by atoms with E-state index in [1.165, 1.54) is 24.3 Å². The van der Waals surface area contributed by atoms with Crippen molar-refractivity contribution in [1.82, 2.24) is 0 Å². The van der Waals surface area contributed by atoms with E-state index in [-0.39, 0.29) is 11.8 Å². The number of hydrogen-bond donors (Lipinski definition) is 1. The standard InChI is InChI=1S/C14H19F4NO/c1-9(2)3-8-12(19)10-4-6-11(7-5-10)20-14(17,18)13(15)16/h4-7,9,12-13H,3,8,19H2,1-2H3/t12-/m1/s1. The summed E-state index contributed by atoms with van der Waals surface area (Å²) in [6, 6.07) is 5.27. The summed E-state index contributed by atoms with van der Waals surface area (Å²) in [5.74, 6) is 0.212. The summed E-state index contributed by atoms with van der Waals surface area (Å²) in [7, 11) is 0. The Kier molecular flexibility index (Phi) is 5.80. The molecule has 0 aliphatic carbocycles. The maximum atomic E-state index is 12.7. The van der Waals surface area contributed by atoms with Gasteiger partial charge in [0, 0.05) is 6.04 Å². The van der Waals surface area contributed by atoms with E-state index in [1.54, 1.807) is 0 Å². The Morgan fingerprint density at radius 2 is 1.65 bits per heavy atom. The highest BCUT2D eigenvalue weighted by Crippen LogP contribution is 2.28. The van der Waals surface area contributed by atoms with E-state index < -0.39 is 12.5 Å². The van der Waals surface area contributed by atoms with Crippen LogP contribution in [0.1, 0.15) is 38.3 Å². The monoisotopic (exact) mass is 293 g/mol. The van der Waals surface area contributed by atoms with Gasteiger partial charge in [-0.3, -0.25) is 0 Å².